The maximum absolute atomic E-state index is 11.4. The lowest BCUT2D eigenvalue weighted by Crippen LogP contribution is -2.50. The number of hydrogen-bond acceptors (Lipinski definition) is 2. The molecule has 0 aromatic rings. The average Bonchev–Trinajstić information content (AvgIpc) is 2.97. The summed E-state index contributed by atoms with van der Waals surface area (Å²) in [5, 5.41) is 21.3. The molecule has 0 aromatic carbocycles. The molecule has 5 unspecified atom stereocenters. The van der Waals surface area contributed by atoms with Crippen molar-refractivity contribution in [2.75, 3.05) is 0 Å². The molecule has 0 aliphatic heterocycles. The van der Waals surface area contributed by atoms with Crippen LogP contribution in [0.3, 0.4) is 0 Å². The Balaban J connectivity index is 1.83. The standard InChI is InChI=1S/C18H29NO/c1-13(2)15-4-3-8-18(20,9-7-15)17(12-19)11-14-5-6-16(17)10-14/h13-16,20H,3-11H2,1-2H3. The Morgan fingerprint density at radius 1 is 1.15 bits per heavy atom. The third-order valence-electron chi connectivity index (χ3n) is 6.92. The zero-order valence-corrected chi connectivity index (χ0v) is 13.1. The van der Waals surface area contributed by atoms with Gasteiger partial charge in [0, 0.05) is 0 Å². The molecule has 3 rings (SSSR count). The van der Waals surface area contributed by atoms with Gasteiger partial charge in [-0.25, -0.2) is 0 Å². The van der Waals surface area contributed by atoms with Gasteiger partial charge in [-0.2, -0.15) is 5.26 Å². The van der Waals surface area contributed by atoms with Crippen LogP contribution < -0.4 is 0 Å². The van der Waals surface area contributed by atoms with E-state index in [1.54, 1.807) is 0 Å². The highest BCUT2D eigenvalue weighted by atomic mass is 16.3. The Morgan fingerprint density at radius 2 is 1.95 bits per heavy atom. The van der Waals surface area contributed by atoms with E-state index in [2.05, 4.69) is 19.9 Å². The van der Waals surface area contributed by atoms with Crippen molar-refractivity contribution in [3.05, 3.63) is 0 Å². The lowest BCUT2D eigenvalue weighted by atomic mass is 9.60. The van der Waals surface area contributed by atoms with Crippen LogP contribution in [0.5, 0.6) is 0 Å². The van der Waals surface area contributed by atoms with E-state index in [1.807, 2.05) is 0 Å². The van der Waals surface area contributed by atoms with Gasteiger partial charge in [0.15, 0.2) is 0 Å². The van der Waals surface area contributed by atoms with Gasteiger partial charge in [-0.1, -0.05) is 33.1 Å². The Morgan fingerprint density at radius 3 is 2.50 bits per heavy atom. The monoisotopic (exact) mass is 275 g/mol. The fraction of sp³-hybridized carbons (Fsp3) is 0.944. The van der Waals surface area contributed by atoms with Crippen molar-refractivity contribution in [1.82, 2.24) is 0 Å². The van der Waals surface area contributed by atoms with Gasteiger partial charge in [-0.15, -0.1) is 0 Å². The van der Waals surface area contributed by atoms with Crippen LogP contribution in [0.2, 0.25) is 0 Å². The lowest BCUT2D eigenvalue weighted by Gasteiger charge is -2.45. The molecule has 0 aromatic heterocycles. The van der Waals surface area contributed by atoms with Gasteiger partial charge in [0.05, 0.1) is 17.1 Å². The summed E-state index contributed by atoms with van der Waals surface area (Å²) in [6.07, 6.45) is 9.78. The maximum Gasteiger partial charge on any atom is 0.0890 e. The minimum atomic E-state index is -0.703. The first-order chi connectivity index (χ1) is 9.51. The van der Waals surface area contributed by atoms with E-state index in [0.717, 1.165) is 38.0 Å². The van der Waals surface area contributed by atoms with Crippen LogP contribution in [0.1, 0.15) is 71.6 Å². The lowest BCUT2D eigenvalue weighted by molar-refractivity contribution is -0.0930. The first kappa shape index (κ1) is 14.4. The first-order valence-electron chi connectivity index (χ1n) is 8.64. The van der Waals surface area contributed by atoms with Gasteiger partial charge in [-0.05, 0) is 62.2 Å². The summed E-state index contributed by atoms with van der Waals surface area (Å²) >= 11 is 0. The van der Waals surface area contributed by atoms with Crippen molar-refractivity contribution in [2.24, 2.45) is 29.1 Å². The van der Waals surface area contributed by atoms with Crippen molar-refractivity contribution in [3.63, 3.8) is 0 Å². The van der Waals surface area contributed by atoms with Crippen LogP contribution in [0.25, 0.3) is 0 Å². The van der Waals surface area contributed by atoms with Gasteiger partial charge in [0.25, 0.3) is 0 Å². The predicted molar refractivity (Wildman–Crippen MR) is 79.9 cm³/mol. The molecule has 112 valence electrons. The quantitative estimate of drug-likeness (QED) is 0.764. The minimum absolute atomic E-state index is 0.415. The molecule has 3 aliphatic rings. The van der Waals surface area contributed by atoms with E-state index in [4.69, 9.17) is 0 Å². The summed E-state index contributed by atoms with van der Waals surface area (Å²) in [5.74, 6) is 2.62. The zero-order chi connectivity index (χ0) is 14.4. The summed E-state index contributed by atoms with van der Waals surface area (Å²) in [5.41, 5.74) is -1.12. The zero-order valence-electron chi connectivity index (χ0n) is 13.1. The van der Waals surface area contributed by atoms with E-state index < -0.39 is 11.0 Å². The van der Waals surface area contributed by atoms with Gasteiger partial charge in [0.2, 0.25) is 0 Å². The molecule has 5 atom stereocenters. The van der Waals surface area contributed by atoms with Gasteiger partial charge in [0.1, 0.15) is 0 Å². The number of fused-ring (bicyclic) bond motifs is 2. The second-order valence-electron chi connectivity index (χ2n) is 8.13. The first-order valence-corrected chi connectivity index (χ1v) is 8.64. The summed E-state index contributed by atoms with van der Waals surface area (Å²) in [4.78, 5) is 0. The van der Waals surface area contributed by atoms with E-state index in [1.165, 1.54) is 25.7 Å². The Labute approximate surface area is 123 Å². The molecule has 0 saturated heterocycles. The number of aliphatic hydroxyl groups is 1. The highest BCUT2D eigenvalue weighted by Crippen LogP contribution is 2.62. The molecule has 3 saturated carbocycles. The molecular formula is C18H29NO. The second-order valence-corrected chi connectivity index (χ2v) is 8.13. The van der Waals surface area contributed by atoms with Crippen LogP contribution in [0.4, 0.5) is 0 Å². The van der Waals surface area contributed by atoms with E-state index in [0.29, 0.717) is 17.8 Å². The molecule has 0 spiro atoms. The summed E-state index contributed by atoms with van der Waals surface area (Å²) < 4.78 is 0. The topological polar surface area (TPSA) is 44.0 Å². The Kier molecular flexibility index (Phi) is 3.61. The van der Waals surface area contributed by atoms with E-state index in [9.17, 15) is 10.4 Å². The second kappa shape index (κ2) is 5.02. The molecule has 0 amide bonds. The van der Waals surface area contributed by atoms with Crippen molar-refractivity contribution in [2.45, 2.75) is 77.2 Å². The smallest absolute Gasteiger partial charge is 0.0890 e. The maximum atomic E-state index is 11.4. The fourth-order valence-electron chi connectivity index (χ4n) is 5.60. The predicted octanol–water partition coefficient (Wildman–Crippen LogP) is 4.28. The van der Waals surface area contributed by atoms with Gasteiger partial charge < -0.3 is 5.11 Å². The molecule has 3 fully saturated rings. The molecule has 0 heterocycles. The third kappa shape index (κ3) is 2.01. The summed E-state index contributed by atoms with van der Waals surface area (Å²) in [6.45, 7) is 4.60. The van der Waals surface area contributed by atoms with Crippen molar-refractivity contribution >= 4 is 0 Å². The Hall–Kier alpha value is -0.550. The number of nitriles is 1. The molecule has 0 radical (unpaired) electrons. The van der Waals surface area contributed by atoms with Crippen molar-refractivity contribution < 1.29 is 5.11 Å². The summed E-state index contributed by atoms with van der Waals surface area (Å²) in [7, 11) is 0. The van der Waals surface area contributed by atoms with Crippen LogP contribution in [0.15, 0.2) is 0 Å². The van der Waals surface area contributed by atoms with Crippen LogP contribution in [0, 0.1) is 40.4 Å². The van der Waals surface area contributed by atoms with Crippen LogP contribution >= 0.6 is 0 Å². The molecule has 1 N–H and O–H groups in total. The van der Waals surface area contributed by atoms with E-state index in [-0.39, 0.29) is 0 Å². The molecule has 2 nitrogen and oxygen atoms in total. The van der Waals surface area contributed by atoms with E-state index >= 15 is 0 Å². The number of nitrogens with zero attached hydrogens (tertiary/aromatic N) is 1. The highest BCUT2D eigenvalue weighted by Gasteiger charge is 2.61. The largest absolute Gasteiger partial charge is 0.388 e. The number of rotatable bonds is 2. The molecule has 2 bridgehead atoms. The average molecular weight is 275 g/mol. The third-order valence-corrected chi connectivity index (χ3v) is 6.92. The SMILES string of the molecule is CC(C)C1CCCC(O)(C2(C#N)CC3CCC2C3)CC1. The molecule has 2 heteroatoms. The van der Waals surface area contributed by atoms with Gasteiger partial charge in [-0.3, -0.25) is 0 Å². The number of hydrogen-bond donors (Lipinski definition) is 1. The highest BCUT2D eigenvalue weighted by molar-refractivity contribution is 5.20. The minimum Gasteiger partial charge on any atom is -0.388 e. The molecular weight excluding hydrogens is 246 g/mol. The summed E-state index contributed by atoms with van der Waals surface area (Å²) in [6, 6.07) is 2.64. The van der Waals surface area contributed by atoms with Crippen molar-refractivity contribution in [3.8, 4) is 6.07 Å². The normalized spacial score (nSPS) is 48.2. The van der Waals surface area contributed by atoms with Gasteiger partial charge >= 0.3 is 0 Å². The fourth-order valence-corrected chi connectivity index (χ4v) is 5.60. The Bertz CT molecular complexity index is 412. The van der Waals surface area contributed by atoms with Crippen molar-refractivity contribution in [1.29, 1.82) is 5.26 Å². The molecule has 20 heavy (non-hydrogen) atoms. The van der Waals surface area contributed by atoms with Crippen LogP contribution in [-0.4, -0.2) is 10.7 Å². The van der Waals surface area contributed by atoms with Crippen LogP contribution in [-0.2, 0) is 0 Å². The molecule has 3 aliphatic carbocycles.